The van der Waals surface area contributed by atoms with Gasteiger partial charge in [-0.25, -0.2) is 0 Å². The molecule has 2 amide bonds. The Morgan fingerprint density at radius 2 is 1.48 bits per heavy atom. The molecule has 0 aliphatic rings. The summed E-state index contributed by atoms with van der Waals surface area (Å²) < 4.78 is 4.92. The predicted molar refractivity (Wildman–Crippen MR) is 92.1 cm³/mol. The Hall–Kier alpha value is -3.35. The summed E-state index contributed by atoms with van der Waals surface area (Å²) in [5, 5.41) is 14.4. The Kier molecular flexibility index (Phi) is 6.11. The third kappa shape index (κ3) is 6.34. The largest absolute Gasteiger partial charge is 0.508 e. The number of esters is 1. The second kappa shape index (κ2) is 8.49. The zero-order valence-electron chi connectivity index (χ0n) is 13.6. The fraction of sp³-hybridized carbons (Fsp3) is 0.167. The van der Waals surface area contributed by atoms with Crippen LogP contribution < -0.4 is 10.6 Å². The number of anilines is 2. The highest BCUT2D eigenvalue weighted by molar-refractivity contribution is 5.93. The zero-order chi connectivity index (χ0) is 18.2. The number of nitrogens with one attached hydrogen (secondary N) is 2. The SMILES string of the molecule is CC(=O)Nc1ccc(NC(=O)COC(=O)Cc2ccc(O)cc2)cc1. The lowest BCUT2D eigenvalue weighted by molar-refractivity contribution is -0.146. The summed E-state index contributed by atoms with van der Waals surface area (Å²) in [6.45, 7) is 1.01. The van der Waals surface area contributed by atoms with Crippen molar-refractivity contribution in [2.45, 2.75) is 13.3 Å². The molecule has 0 aromatic heterocycles. The Balaban J connectivity index is 1.77. The van der Waals surface area contributed by atoms with E-state index >= 15 is 0 Å². The molecule has 2 aromatic rings. The van der Waals surface area contributed by atoms with Gasteiger partial charge in [0.15, 0.2) is 6.61 Å². The third-order valence-corrected chi connectivity index (χ3v) is 3.14. The summed E-state index contributed by atoms with van der Waals surface area (Å²) in [5.41, 5.74) is 1.82. The molecule has 130 valence electrons. The van der Waals surface area contributed by atoms with Crippen LogP contribution in [0.2, 0.25) is 0 Å². The molecule has 0 heterocycles. The van der Waals surface area contributed by atoms with Gasteiger partial charge in [0.2, 0.25) is 5.91 Å². The maximum absolute atomic E-state index is 11.8. The van der Waals surface area contributed by atoms with Crippen LogP contribution >= 0.6 is 0 Å². The number of aromatic hydroxyl groups is 1. The summed E-state index contributed by atoms with van der Waals surface area (Å²) in [5.74, 6) is -1.08. The second-order valence-corrected chi connectivity index (χ2v) is 5.31. The van der Waals surface area contributed by atoms with Crippen molar-refractivity contribution in [2.24, 2.45) is 0 Å². The van der Waals surface area contributed by atoms with Gasteiger partial charge in [-0.1, -0.05) is 12.1 Å². The number of hydrogen-bond donors (Lipinski definition) is 3. The van der Waals surface area contributed by atoms with E-state index < -0.39 is 18.5 Å². The molecule has 25 heavy (non-hydrogen) atoms. The van der Waals surface area contributed by atoms with E-state index in [4.69, 9.17) is 4.74 Å². The van der Waals surface area contributed by atoms with Crippen LogP contribution in [0.4, 0.5) is 11.4 Å². The minimum Gasteiger partial charge on any atom is -0.508 e. The van der Waals surface area contributed by atoms with Crippen LogP contribution in [-0.2, 0) is 25.5 Å². The molecular weight excluding hydrogens is 324 g/mol. The molecule has 0 fully saturated rings. The smallest absolute Gasteiger partial charge is 0.310 e. The van der Waals surface area contributed by atoms with E-state index in [9.17, 15) is 19.5 Å². The summed E-state index contributed by atoms with van der Waals surface area (Å²) in [6, 6.07) is 12.7. The molecule has 0 bridgehead atoms. The molecule has 7 heteroatoms. The van der Waals surface area contributed by atoms with Crippen molar-refractivity contribution >= 4 is 29.2 Å². The lowest BCUT2D eigenvalue weighted by atomic mass is 10.1. The first-order chi connectivity index (χ1) is 11.9. The highest BCUT2D eigenvalue weighted by Crippen LogP contribution is 2.13. The van der Waals surface area contributed by atoms with Gasteiger partial charge in [0.05, 0.1) is 6.42 Å². The van der Waals surface area contributed by atoms with E-state index in [1.165, 1.54) is 19.1 Å². The van der Waals surface area contributed by atoms with Gasteiger partial charge in [0, 0.05) is 18.3 Å². The molecule has 0 aliphatic heterocycles. The fourth-order valence-electron chi connectivity index (χ4n) is 2.01. The van der Waals surface area contributed by atoms with E-state index in [0.717, 1.165) is 0 Å². The normalized spacial score (nSPS) is 9.96. The molecular formula is C18H18N2O5. The number of phenolic OH excluding ortho intramolecular Hbond substituents is 1. The van der Waals surface area contributed by atoms with Crippen molar-refractivity contribution in [2.75, 3.05) is 17.2 Å². The minimum absolute atomic E-state index is 0.0129. The molecule has 2 aromatic carbocycles. The summed E-state index contributed by atoms with van der Waals surface area (Å²) in [4.78, 5) is 34.4. The first kappa shape index (κ1) is 18.0. The first-order valence-corrected chi connectivity index (χ1v) is 7.53. The topological polar surface area (TPSA) is 105 Å². The van der Waals surface area contributed by atoms with Crippen molar-refractivity contribution in [1.82, 2.24) is 0 Å². The molecule has 3 N–H and O–H groups in total. The molecule has 0 radical (unpaired) electrons. The number of amides is 2. The monoisotopic (exact) mass is 342 g/mol. The van der Waals surface area contributed by atoms with E-state index in [2.05, 4.69) is 10.6 Å². The Morgan fingerprint density at radius 1 is 0.920 bits per heavy atom. The van der Waals surface area contributed by atoms with Gasteiger partial charge in [0.1, 0.15) is 5.75 Å². The average molecular weight is 342 g/mol. The van der Waals surface area contributed by atoms with Gasteiger partial charge in [-0.3, -0.25) is 14.4 Å². The van der Waals surface area contributed by atoms with Crippen molar-refractivity contribution in [3.63, 3.8) is 0 Å². The van der Waals surface area contributed by atoms with Crippen LogP contribution in [-0.4, -0.2) is 29.5 Å². The first-order valence-electron chi connectivity index (χ1n) is 7.53. The number of carbonyl (C=O) groups is 3. The number of hydrogen-bond acceptors (Lipinski definition) is 5. The highest BCUT2D eigenvalue weighted by atomic mass is 16.5. The van der Waals surface area contributed by atoms with Gasteiger partial charge in [-0.2, -0.15) is 0 Å². The van der Waals surface area contributed by atoms with E-state index in [1.54, 1.807) is 36.4 Å². The number of carbonyl (C=O) groups excluding carboxylic acids is 3. The molecule has 0 atom stereocenters. The Labute approximate surface area is 144 Å². The lowest BCUT2D eigenvalue weighted by Crippen LogP contribution is -2.21. The molecule has 0 aliphatic carbocycles. The average Bonchev–Trinajstić information content (AvgIpc) is 2.56. The quantitative estimate of drug-likeness (QED) is 0.697. The Morgan fingerprint density at radius 3 is 2.04 bits per heavy atom. The predicted octanol–water partition coefficient (Wildman–Crippen LogP) is 2.07. The van der Waals surface area contributed by atoms with Crippen molar-refractivity contribution in [3.05, 3.63) is 54.1 Å². The zero-order valence-corrected chi connectivity index (χ0v) is 13.6. The maximum Gasteiger partial charge on any atom is 0.310 e. The van der Waals surface area contributed by atoms with E-state index in [0.29, 0.717) is 16.9 Å². The van der Waals surface area contributed by atoms with Crippen LogP contribution in [0, 0.1) is 0 Å². The van der Waals surface area contributed by atoms with Gasteiger partial charge in [-0.15, -0.1) is 0 Å². The van der Waals surface area contributed by atoms with Crippen LogP contribution in [0.15, 0.2) is 48.5 Å². The van der Waals surface area contributed by atoms with E-state index in [-0.39, 0.29) is 18.1 Å². The third-order valence-electron chi connectivity index (χ3n) is 3.14. The molecule has 0 saturated carbocycles. The highest BCUT2D eigenvalue weighted by Gasteiger charge is 2.09. The molecule has 7 nitrogen and oxygen atoms in total. The van der Waals surface area contributed by atoms with Gasteiger partial charge in [-0.05, 0) is 42.0 Å². The standard InChI is InChI=1S/C18H18N2O5/c1-12(21)19-14-4-6-15(7-5-14)20-17(23)11-25-18(24)10-13-2-8-16(22)9-3-13/h2-9,22H,10-11H2,1H3,(H,19,21)(H,20,23). The summed E-state index contributed by atoms with van der Waals surface area (Å²) in [7, 11) is 0. The Bertz CT molecular complexity index is 754. The fourth-order valence-corrected chi connectivity index (χ4v) is 2.01. The van der Waals surface area contributed by atoms with Gasteiger partial charge in [0.25, 0.3) is 5.91 Å². The van der Waals surface area contributed by atoms with Gasteiger partial charge >= 0.3 is 5.97 Å². The molecule has 0 spiro atoms. The van der Waals surface area contributed by atoms with Crippen molar-refractivity contribution in [3.8, 4) is 5.75 Å². The second-order valence-electron chi connectivity index (χ2n) is 5.31. The van der Waals surface area contributed by atoms with Crippen molar-refractivity contribution in [1.29, 1.82) is 0 Å². The van der Waals surface area contributed by atoms with Crippen LogP contribution in [0.3, 0.4) is 0 Å². The van der Waals surface area contributed by atoms with Crippen molar-refractivity contribution < 1.29 is 24.2 Å². The molecule has 2 rings (SSSR count). The molecule has 0 unspecified atom stereocenters. The van der Waals surface area contributed by atoms with Gasteiger partial charge < -0.3 is 20.5 Å². The summed E-state index contributed by atoms with van der Waals surface area (Å²) >= 11 is 0. The number of ether oxygens (including phenoxy) is 1. The van der Waals surface area contributed by atoms with E-state index in [1.807, 2.05) is 0 Å². The lowest BCUT2D eigenvalue weighted by Gasteiger charge is -2.08. The number of phenols is 1. The number of benzene rings is 2. The maximum atomic E-state index is 11.8. The minimum atomic E-state index is -0.540. The number of rotatable bonds is 6. The molecule has 0 saturated heterocycles. The summed E-state index contributed by atoms with van der Waals surface area (Å²) in [6.07, 6.45) is 0.0129. The van der Waals surface area contributed by atoms with Crippen LogP contribution in [0.1, 0.15) is 12.5 Å². The van der Waals surface area contributed by atoms with Crippen LogP contribution in [0.5, 0.6) is 5.75 Å². The van der Waals surface area contributed by atoms with Crippen LogP contribution in [0.25, 0.3) is 0 Å².